The van der Waals surface area contributed by atoms with Crippen LogP contribution in [0, 0.1) is 0 Å². The van der Waals surface area contributed by atoms with Crippen molar-refractivity contribution in [3.8, 4) is 17.2 Å². The van der Waals surface area contributed by atoms with Gasteiger partial charge in [-0.05, 0) is 53.6 Å². The lowest BCUT2D eigenvalue weighted by molar-refractivity contribution is -0.128. The first-order valence-electron chi connectivity index (χ1n) is 8.64. The number of hydrogen-bond acceptors (Lipinski definition) is 4. The van der Waals surface area contributed by atoms with Crippen molar-refractivity contribution in [1.29, 1.82) is 0 Å². The van der Waals surface area contributed by atoms with Crippen LogP contribution < -0.4 is 14.2 Å². The van der Waals surface area contributed by atoms with Gasteiger partial charge in [0.2, 0.25) is 0 Å². The van der Waals surface area contributed by atoms with Crippen LogP contribution in [0.2, 0.25) is 5.02 Å². The number of ether oxygens (including phenoxy) is 3. The van der Waals surface area contributed by atoms with Crippen LogP contribution in [-0.4, -0.2) is 13.1 Å². The number of rotatable bonds is 7. The highest BCUT2D eigenvalue weighted by Gasteiger charge is 2.06. The summed E-state index contributed by atoms with van der Waals surface area (Å²) in [6.45, 7) is 0.395. The first kappa shape index (κ1) is 19.5. The van der Waals surface area contributed by atoms with Crippen LogP contribution in [0.1, 0.15) is 11.1 Å². The molecule has 0 unspecified atom stereocenters. The van der Waals surface area contributed by atoms with Gasteiger partial charge in [-0.2, -0.15) is 0 Å². The first-order chi connectivity index (χ1) is 13.6. The largest absolute Gasteiger partial charge is 0.493 e. The molecule has 4 nitrogen and oxygen atoms in total. The summed E-state index contributed by atoms with van der Waals surface area (Å²) in [7, 11) is 1.57. The predicted molar refractivity (Wildman–Crippen MR) is 110 cm³/mol. The molecule has 5 heteroatoms. The summed E-state index contributed by atoms with van der Waals surface area (Å²) in [6, 6.07) is 21.8. The smallest absolute Gasteiger partial charge is 0.336 e. The molecule has 3 aromatic carbocycles. The number of methoxy groups -OCH3 is 1. The Balaban J connectivity index is 1.63. The second-order valence-electron chi connectivity index (χ2n) is 5.89. The van der Waals surface area contributed by atoms with E-state index in [4.69, 9.17) is 25.8 Å². The Labute approximate surface area is 168 Å². The first-order valence-corrected chi connectivity index (χ1v) is 9.02. The minimum Gasteiger partial charge on any atom is -0.493 e. The van der Waals surface area contributed by atoms with Crippen molar-refractivity contribution in [1.82, 2.24) is 0 Å². The molecule has 3 aromatic rings. The molecule has 0 atom stereocenters. The molecule has 3 rings (SSSR count). The summed E-state index contributed by atoms with van der Waals surface area (Å²) in [6.07, 6.45) is 3.03. The van der Waals surface area contributed by atoms with Crippen LogP contribution in [-0.2, 0) is 11.4 Å². The van der Waals surface area contributed by atoms with E-state index in [1.807, 2.05) is 36.4 Å². The molecular weight excluding hydrogens is 376 g/mol. The standard InChI is InChI=1S/C23H19ClO4/c1-26-22-15-17(10-14-23(25)28-20-5-3-2-4-6-20)9-13-21(22)27-16-18-7-11-19(24)12-8-18/h2-15H,16H2,1H3/b14-10+. The van der Waals surface area contributed by atoms with Gasteiger partial charge in [0.1, 0.15) is 12.4 Å². The van der Waals surface area contributed by atoms with Gasteiger partial charge in [0.15, 0.2) is 11.5 Å². The monoisotopic (exact) mass is 394 g/mol. The topological polar surface area (TPSA) is 44.8 Å². The van der Waals surface area contributed by atoms with Crippen LogP contribution >= 0.6 is 11.6 Å². The van der Waals surface area contributed by atoms with Gasteiger partial charge in [0.25, 0.3) is 0 Å². The van der Waals surface area contributed by atoms with Crippen molar-refractivity contribution < 1.29 is 19.0 Å². The van der Waals surface area contributed by atoms with E-state index in [-0.39, 0.29) is 0 Å². The molecule has 0 aliphatic rings. The molecule has 0 aromatic heterocycles. The Kier molecular flexibility index (Phi) is 6.71. The summed E-state index contributed by atoms with van der Waals surface area (Å²) in [5.41, 5.74) is 1.79. The summed E-state index contributed by atoms with van der Waals surface area (Å²) >= 11 is 5.89. The molecule has 142 valence electrons. The number of carbonyl (C=O) groups excluding carboxylic acids is 1. The van der Waals surface area contributed by atoms with Crippen molar-refractivity contribution in [3.63, 3.8) is 0 Å². The van der Waals surface area contributed by atoms with Crippen LogP contribution in [0.25, 0.3) is 6.08 Å². The molecule has 0 fully saturated rings. The van der Waals surface area contributed by atoms with Crippen LogP contribution in [0.5, 0.6) is 17.2 Å². The summed E-state index contributed by atoms with van der Waals surface area (Å²) in [4.78, 5) is 11.9. The molecule has 0 spiro atoms. The molecule has 0 aliphatic carbocycles. The lowest BCUT2D eigenvalue weighted by Gasteiger charge is -2.11. The molecule has 0 heterocycles. The van der Waals surface area contributed by atoms with Crippen LogP contribution in [0.3, 0.4) is 0 Å². The second-order valence-corrected chi connectivity index (χ2v) is 6.33. The quantitative estimate of drug-likeness (QED) is 0.299. The third kappa shape index (κ3) is 5.63. The Bertz CT molecular complexity index is 950. The van der Waals surface area contributed by atoms with Crippen molar-refractivity contribution in [2.24, 2.45) is 0 Å². The molecule has 0 saturated carbocycles. The van der Waals surface area contributed by atoms with Crippen molar-refractivity contribution in [2.75, 3.05) is 7.11 Å². The fourth-order valence-corrected chi connectivity index (χ4v) is 2.58. The van der Waals surface area contributed by atoms with Gasteiger partial charge in [-0.15, -0.1) is 0 Å². The number of benzene rings is 3. The summed E-state index contributed by atoms with van der Waals surface area (Å²) in [5.74, 6) is 1.24. The molecule has 0 bridgehead atoms. The molecular formula is C23H19ClO4. The van der Waals surface area contributed by atoms with E-state index >= 15 is 0 Å². The maximum Gasteiger partial charge on any atom is 0.336 e. The van der Waals surface area contributed by atoms with E-state index < -0.39 is 5.97 Å². The van der Waals surface area contributed by atoms with Gasteiger partial charge >= 0.3 is 5.97 Å². The lowest BCUT2D eigenvalue weighted by atomic mass is 10.2. The van der Waals surface area contributed by atoms with E-state index in [0.717, 1.165) is 11.1 Å². The Morgan fingerprint density at radius 2 is 1.71 bits per heavy atom. The van der Waals surface area contributed by atoms with Gasteiger partial charge in [0, 0.05) is 11.1 Å². The maximum absolute atomic E-state index is 11.9. The van der Waals surface area contributed by atoms with E-state index in [0.29, 0.717) is 28.9 Å². The minimum atomic E-state index is -0.451. The average Bonchev–Trinajstić information content (AvgIpc) is 2.73. The Morgan fingerprint density at radius 3 is 2.43 bits per heavy atom. The molecule has 28 heavy (non-hydrogen) atoms. The second kappa shape index (κ2) is 9.62. The highest BCUT2D eigenvalue weighted by Crippen LogP contribution is 2.29. The highest BCUT2D eigenvalue weighted by molar-refractivity contribution is 6.30. The van der Waals surface area contributed by atoms with E-state index in [2.05, 4.69) is 0 Å². The third-order valence-corrected chi connectivity index (χ3v) is 4.12. The summed E-state index contributed by atoms with van der Waals surface area (Å²) < 4.78 is 16.5. The van der Waals surface area contributed by atoms with E-state index in [1.165, 1.54) is 6.08 Å². The van der Waals surface area contributed by atoms with Gasteiger partial charge < -0.3 is 14.2 Å². The number of esters is 1. The summed E-state index contributed by atoms with van der Waals surface area (Å²) in [5, 5.41) is 0.684. The molecule has 0 N–H and O–H groups in total. The maximum atomic E-state index is 11.9. The van der Waals surface area contributed by atoms with Crippen LogP contribution in [0.4, 0.5) is 0 Å². The average molecular weight is 395 g/mol. The van der Waals surface area contributed by atoms with Gasteiger partial charge in [-0.25, -0.2) is 4.79 Å². The zero-order chi connectivity index (χ0) is 19.8. The predicted octanol–water partition coefficient (Wildman–Crippen LogP) is 5.55. The third-order valence-electron chi connectivity index (χ3n) is 3.87. The molecule has 0 aliphatic heterocycles. The minimum absolute atomic E-state index is 0.395. The fraction of sp³-hybridized carbons (Fsp3) is 0.0870. The molecule has 0 radical (unpaired) electrons. The van der Waals surface area contributed by atoms with Crippen LogP contribution in [0.15, 0.2) is 78.9 Å². The normalized spacial score (nSPS) is 10.6. The molecule has 0 saturated heterocycles. The van der Waals surface area contributed by atoms with Gasteiger partial charge in [-0.3, -0.25) is 0 Å². The Hall–Kier alpha value is -3.24. The van der Waals surface area contributed by atoms with Crippen molar-refractivity contribution in [2.45, 2.75) is 6.61 Å². The number of para-hydroxylation sites is 1. The lowest BCUT2D eigenvalue weighted by Crippen LogP contribution is -2.03. The number of halogens is 1. The van der Waals surface area contributed by atoms with Gasteiger partial charge in [-0.1, -0.05) is 48.0 Å². The van der Waals surface area contributed by atoms with Crippen molar-refractivity contribution >= 4 is 23.6 Å². The van der Waals surface area contributed by atoms with E-state index in [1.54, 1.807) is 49.6 Å². The van der Waals surface area contributed by atoms with E-state index in [9.17, 15) is 4.79 Å². The zero-order valence-electron chi connectivity index (χ0n) is 15.3. The van der Waals surface area contributed by atoms with Gasteiger partial charge in [0.05, 0.1) is 7.11 Å². The highest BCUT2D eigenvalue weighted by atomic mass is 35.5. The number of carbonyl (C=O) groups is 1. The Morgan fingerprint density at radius 1 is 0.964 bits per heavy atom. The zero-order valence-corrected chi connectivity index (χ0v) is 16.1. The van der Waals surface area contributed by atoms with Crippen molar-refractivity contribution in [3.05, 3.63) is 95.0 Å². The SMILES string of the molecule is COc1cc(/C=C/C(=O)Oc2ccccc2)ccc1OCc1ccc(Cl)cc1. The molecule has 0 amide bonds. The number of hydrogen-bond donors (Lipinski definition) is 0. The fourth-order valence-electron chi connectivity index (χ4n) is 2.45.